The molecule has 2 heterocycles. The summed E-state index contributed by atoms with van der Waals surface area (Å²) >= 11 is 1.47. The van der Waals surface area contributed by atoms with Crippen LogP contribution in [0.3, 0.4) is 0 Å². The molecule has 20 heavy (non-hydrogen) atoms. The van der Waals surface area contributed by atoms with E-state index in [-0.39, 0.29) is 23.8 Å². The van der Waals surface area contributed by atoms with Gasteiger partial charge in [-0.3, -0.25) is 13.9 Å². The second kappa shape index (κ2) is 4.72. The molecule has 102 valence electrons. The number of rotatable bonds is 3. The fraction of sp³-hybridized carbons (Fsp3) is 0.385. The second-order valence-electron chi connectivity index (χ2n) is 4.82. The van der Waals surface area contributed by atoms with Crippen molar-refractivity contribution in [1.82, 2.24) is 14.1 Å². The molecule has 6 nitrogen and oxygen atoms in total. The van der Waals surface area contributed by atoms with Crippen LogP contribution in [0.15, 0.2) is 21.2 Å². The van der Waals surface area contributed by atoms with Crippen LogP contribution >= 0.6 is 11.3 Å². The van der Waals surface area contributed by atoms with Crippen LogP contribution < -0.4 is 11.2 Å². The predicted octanol–water partition coefficient (Wildman–Crippen LogP) is 1.03. The zero-order valence-electron chi connectivity index (χ0n) is 10.9. The SMILES string of the molecule is Cc1nc(Cn2c(=O)c(C#N)cn(C3CC3)c2=O)cs1. The molecule has 0 N–H and O–H groups in total. The van der Waals surface area contributed by atoms with Crippen LogP contribution in [-0.2, 0) is 6.54 Å². The Bertz CT molecular complexity index is 820. The first-order valence-corrected chi connectivity index (χ1v) is 7.15. The Balaban J connectivity index is 2.13. The molecular formula is C13H12N4O2S. The summed E-state index contributed by atoms with van der Waals surface area (Å²) in [5.41, 5.74) is -0.227. The molecule has 0 aliphatic heterocycles. The standard InChI is InChI=1S/C13H12N4O2S/c1-8-15-10(7-20-8)6-17-12(18)9(4-14)5-16(13(17)19)11-2-3-11/h5,7,11H,2-3,6H2,1H3. The molecule has 7 heteroatoms. The predicted molar refractivity (Wildman–Crippen MR) is 73.9 cm³/mol. The molecule has 0 aromatic carbocycles. The van der Waals surface area contributed by atoms with Crippen molar-refractivity contribution in [3.8, 4) is 6.07 Å². The molecule has 0 radical (unpaired) electrons. The van der Waals surface area contributed by atoms with E-state index in [1.807, 2.05) is 18.4 Å². The molecule has 1 aliphatic carbocycles. The highest BCUT2D eigenvalue weighted by Crippen LogP contribution is 2.33. The highest BCUT2D eigenvalue weighted by atomic mass is 32.1. The number of thiazole rings is 1. The van der Waals surface area contributed by atoms with Gasteiger partial charge in [-0.15, -0.1) is 11.3 Å². The summed E-state index contributed by atoms with van der Waals surface area (Å²) in [7, 11) is 0. The van der Waals surface area contributed by atoms with Crippen molar-refractivity contribution in [3.05, 3.63) is 48.7 Å². The molecule has 1 saturated carbocycles. The van der Waals surface area contributed by atoms with Crippen LogP contribution in [0.1, 0.15) is 35.1 Å². The van der Waals surface area contributed by atoms with Gasteiger partial charge >= 0.3 is 5.69 Å². The van der Waals surface area contributed by atoms with Crippen LogP contribution in [-0.4, -0.2) is 14.1 Å². The molecule has 2 aromatic rings. The third kappa shape index (κ3) is 2.18. The summed E-state index contributed by atoms with van der Waals surface area (Å²) in [6, 6.07) is 1.99. The molecule has 0 saturated heterocycles. The van der Waals surface area contributed by atoms with E-state index < -0.39 is 5.56 Å². The second-order valence-corrected chi connectivity index (χ2v) is 5.89. The first-order chi connectivity index (χ1) is 9.60. The summed E-state index contributed by atoms with van der Waals surface area (Å²) in [6.45, 7) is 1.98. The number of nitriles is 1. The summed E-state index contributed by atoms with van der Waals surface area (Å²) < 4.78 is 2.60. The molecular weight excluding hydrogens is 276 g/mol. The molecule has 0 bridgehead atoms. The lowest BCUT2D eigenvalue weighted by atomic mass is 10.3. The van der Waals surface area contributed by atoms with Crippen LogP contribution in [0.4, 0.5) is 0 Å². The highest BCUT2D eigenvalue weighted by molar-refractivity contribution is 7.09. The number of hydrogen-bond donors (Lipinski definition) is 0. The fourth-order valence-corrected chi connectivity index (χ4v) is 2.70. The monoisotopic (exact) mass is 288 g/mol. The van der Waals surface area contributed by atoms with E-state index in [1.54, 1.807) is 0 Å². The van der Waals surface area contributed by atoms with Crippen LogP contribution in [0.25, 0.3) is 0 Å². The Morgan fingerprint density at radius 3 is 2.80 bits per heavy atom. The summed E-state index contributed by atoms with van der Waals surface area (Å²) in [4.78, 5) is 28.7. The van der Waals surface area contributed by atoms with Crippen molar-refractivity contribution < 1.29 is 0 Å². The van der Waals surface area contributed by atoms with Crippen molar-refractivity contribution in [1.29, 1.82) is 5.26 Å². The molecule has 1 aliphatic rings. The smallest absolute Gasteiger partial charge is 0.296 e. The van der Waals surface area contributed by atoms with Gasteiger partial charge in [0.1, 0.15) is 11.6 Å². The van der Waals surface area contributed by atoms with Crippen molar-refractivity contribution >= 4 is 11.3 Å². The fourth-order valence-electron chi connectivity index (χ4n) is 2.09. The van der Waals surface area contributed by atoms with E-state index in [4.69, 9.17) is 5.26 Å². The summed E-state index contributed by atoms with van der Waals surface area (Å²) in [6.07, 6.45) is 3.21. The van der Waals surface area contributed by atoms with Gasteiger partial charge in [0.15, 0.2) is 0 Å². The van der Waals surface area contributed by atoms with Gasteiger partial charge in [0.2, 0.25) is 0 Å². The van der Waals surface area contributed by atoms with Crippen LogP contribution in [0, 0.1) is 18.3 Å². The maximum atomic E-state index is 12.3. The maximum absolute atomic E-state index is 12.3. The minimum absolute atomic E-state index is 0.00320. The molecule has 3 rings (SSSR count). The van der Waals surface area contributed by atoms with Gasteiger partial charge in [0.25, 0.3) is 5.56 Å². The van der Waals surface area contributed by atoms with Crippen molar-refractivity contribution in [3.63, 3.8) is 0 Å². The Hall–Kier alpha value is -2.20. The van der Waals surface area contributed by atoms with E-state index in [0.717, 1.165) is 22.4 Å². The van der Waals surface area contributed by atoms with Gasteiger partial charge in [-0.1, -0.05) is 0 Å². The third-order valence-corrected chi connectivity index (χ3v) is 4.07. The van der Waals surface area contributed by atoms with Crippen LogP contribution in [0.5, 0.6) is 0 Å². The van der Waals surface area contributed by atoms with Gasteiger partial charge in [-0.2, -0.15) is 5.26 Å². The topological polar surface area (TPSA) is 80.7 Å². The van der Waals surface area contributed by atoms with Crippen LogP contribution in [0.2, 0.25) is 0 Å². The zero-order valence-corrected chi connectivity index (χ0v) is 11.7. The van der Waals surface area contributed by atoms with Gasteiger partial charge < -0.3 is 0 Å². The molecule has 2 aromatic heterocycles. The Labute approximate surface area is 118 Å². The van der Waals surface area contributed by atoms with Gasteiger partial charge in [0.05, 0.1) is 17.2 Å². The first kappa shape index (κ1) is 12.8. The van der Waals surface area contributed by atoms with Crippen molar-refractivity contribution in [2.24, 2.45) is 0 Å². The molecule has 0 atom stereocenters. The number of hydrogen-bond acceptors (Lipinski definition) is 5. The Kier molecular flexibility index (Phi) is 3.03. The van der Waals surface area contributed by atoms with E-state index in [1.165, 1.54) is 22.1 Å². The van der Waals surface area contributed by atoms with E-state index >= 15 is 0 Å². The summed E-state index contributed by atoms with van der Waals surface area (Å²) in [5, 5.41) is 11.7. The number of aryl methyl sites for hydroxylation is 1. The number of aromatic nitrogens is 3. The minimum atomic E-state index is -0.542. The molecule has 0 unspecified atom stereocenters. The largest absolute Gasteiger partial charge is 0.331 e. The lowest BCUT2D eigenvalue weighted by Gasteiger charge is -2.09. The van der Waals surface area contributed by atoms with Gasteiger partial charge in [-0.25, -0.2) is 9.78 Å². The molecule has 0 spiro atoms. The van der Waals surface area contributed by atoms with Gasteiger partial charge in [-0.05, 0) is 19.8 Å². The summed E-state index contributed by atoms with van der Waals surface area (Å²) in [5.74, 6) is 0. The van der Waals surface area contributed by atoms with E-state index in [0.29, 0.717) is 5.69 Å². The zero-order chi connectivity index (χ0) is 14.3. The highest BCUT2D eigenvalue weighted by Gasteiger charge is 2.27. The van der Waals surface area contributed by atoms with Crippen molar-refractivity contribution in [2.75, 3.05) is 0 Å². The Morgan fingerprint density at radius 2 is 2.25 bits per heavy atom. The lowest BCUT2D eigenvalue weighted by Crippen LogP contribution is -2.41. The van der Waals surface area contributed by atoms with E-state index in [2.05, 4.69) is 4.98 Å². The average Bonchev–Trinajstić information content (AvgIpc) is 3.18. The normalized spacial score (nSPS) is 14.2. The quantitative estimate of drug-likeness (QED) is 0.844. The average molecular weight is 288 g/mol. The molecule has 1 fully saturated rings. The first-order valence-electron chi connectivity index (χ1n) is 6.27. The van der Waals surface area contributed by atoms with Gasteiger partial charge in [0, 0.05) is 17.6 Å². The van der Waals surface area contributed by atoms with Crippen molar-refractivity contribution in [2.45, 2.75) is 32.4 Å². The number of nitrogens with zero attached hydrogens (tertiary/aromatic N) is 4. The van der Waals surface area contributed by atoms with E-state index in [9.17, 15) is 9.59 Å². The third-order valence-electron chi connectivity index (χ3n) is 3.24. The Morgan fingerprint density at radius 1 is 1.50 bits per heavy atom. The minimum Gasteiger partial charge on any atom is -0.296 e. The molecule has 0 amide bonds. The lowest BCUT2D eigenvalue weighted by molar-refractivity contribution is 0.584. The maximum Gasteiger partial charge on any atom is 0.331 e.